The second-order valence-electron chi connectivity index (χ2n) is 3.08. The summed E-state index contributed by atoms with van der Waals surface area (Å²) in [6.45, 7) is 0.403. The van der Waals surface area contributed by atoms with Gasteiger partial charge in [-0.25, -0.2) is 9.18 Å². The van der Waals surface area contributed by atoms with E-state index in [0.29, 0.717) is 23.1 Å². The molecule has 0 unspecified atom stereocenters. The third-order valence-corrected chi connectivity index (χ3v) is 2.86. The summed E-state index contributed by atoms with van der Waals surface area (Å²) in [5.74, 6) is -0.351. The van der Waals surface area contributed by atoms with Crippen molar-refractivity contribution < 1.29 is 14.3 Å². The van der Waals surface area contributed by atoms with Crippen LogP contribution in [0, 0.1) is 5.82 Å². The molecule has 0 fully saturated rings. The number of hydrogen-bond acceptors (Lipinski definition) is 1. The minimum absolute atomic E-state index is 0.296. The molecule has 0 atom stereocenters. The van der Waals surface area contributed by atoms with Crippen molar-refractivity contribution in [2.45, 2.75) is 6.42 Å². The van der Waals surface area contributed by atoms with Crippen LogP contribution in [0.5, 0.6) is 0 Å². The van der Waals surface area contributed by atoms with E-state index in [2.05, 4.69) is 15.9 Å². The van der Waals surface area contributed by atoms with E-state index in [1.54, 1.807) is 0 Å². The van der Waals surface area contributed by atoms with Crippen LogP contribution in [0.4, 0.5) is 14.9 Å². The molecule has 2 rings (SSSR count). The molecule has 0 saturated carbocycles. The fraction of sp³-hybridized carbons (Fsp3) is 0.222. The van der Waals surface area contributed by atoms with Crippen LogP contribution < -0.4 is 4.90 Å². The van der Waals surface area contributed by atoms with Gasteiger partial charge in [0.1, 0.15) is 5.82 Å². The molecule has 1 aliphatic rings. The number of fused-ring (bicyclic) bond motifs is 1. The van der Waals surface area contributed by atoms with Gasteiger partial charge in [-0.05, 0) is 40.0 Å². The molecular weight excluding hydrogens is 253 g/mol. The van der Waals surface area contributed by atoms with Crippen molar-refractivity contribution in [3.05, 3.63) is 28.0 Å². The summed E-state index contributed by atoms with van der Waals surface area (Å²) >= 11 is 3.03. The molecule has 14 heavy (non-hydrogen) atoms. The summed E-state index contributed by atoms with van der Waals surface area (Å²) in [7, 11) is 0. The first kappa shape index (κ1) is 9.45. The van der Waals surface area contributed by atoms with Crippen LogP contribution in [0.15, 0.2) is 16.6 Å². The van der Waals surface area contributed by atoms with Crippen molar-refractivity contribution in [2.75, 3.05) is 11.4 Å². The highest BCUT2D eigenvalue weighted by atomic mass is 79.9. The van der Waals surface area contributed by atoms with E-state index < -0.39 is 6.09 Å². The maximum atomic E-state index is 13.1. The molecule has 1 amide bonds. The van der Waals surface area contributed by atoms with Crippen LogP contribution in [0.2, 0.25) is 0 Å². The Labute approximate surface area is 88.3 Å². The third-order valence-electron chi connectivity index (χ3n) is 2.25. The number of hydrogen-bond donors (Lipinski definition) is 1. The highest BCUT2D eigenvalue weighted by molar-refractivity contribution is 9.10. The number of anilines is 1. The molecule has 0 aromatic heterocycles. The molecule has 1 heterocycles. The second-order valence-corrected chi connectivity index (χ2v) is 3.93. The number of benzene rings is 1. The normalized spacial score (nSPS) is 14.3. The van der Waals surface area contributed by atoms with Crippen LogP contribution in [0.3, 0.4) is 0 Å². The lowest BCUT2D eigenvalue weighted by Crippen LogP contribution is -2.26. The molecule has 1 aromatic carbocycles. The topological polar surface area (TPSA) is 40.5 Å². The maximum Gasteiger partial charge on any atom is 0.411 e. The lowest BCUT2D eigenvalue weighted by molar-refractivity contribution is 0.202. The zero-order valence-corrected chi connectivity index (χ0v) is 8.71. The van der Waals surface area contributed by atoms with Gasteiger partial charge in [-0.2, -0.15) is 0 Å². The zero-order valence-electron chi connectivity index (χ0n) is 7.13. The Morgan fingerprint density at radius 1 is 1.57 bits per heavy atom. The Balaban J connectivity index is 2.50. The van der Waals surface area contributed by atoms with E-state index >= 15 is 0 Å². The summed E-state index contributed by atoms with van der Waals surface area (Å²) < 4.78 is 13.4. The van der Waals surface area contributed by atoms with Crippen molar-refractivity contribution in [1.82, 2.24) is 0 Å². The Bertz CT molecular complexity index is 408. The van der Waals surface area contributed by atoms with E-state index in [1.807, 2.05) is 0 Å². The zero-order chi connectivity index (χ0) is 10.3. The van der Waals surface area contributed by atoms with Gasteiger partial charge >= 0.3 is 6.09 Å². The molecule has 0 radical (unpaired) electrons. The summed E-state index contributed by atoms with van der Waals surface area (Å²) in [4.78, 5) is 12.0. The maximum absolute atomic E-state index is 13.1. The summed E-state index contributed by atoms with van der Waals surface area (Å²) in [6, 6.07) is 2.88. The van der Waals surface area contributed by atoms with Gasteiger partial charge in [0.05, 0.1) is 10.2 Å². The molecule has 1 aliphatic heterocycles. The van der Waals surface area contributed by atoms with E-state index in [1.165, 1.54) is 17.0 Å². The lowest BCUT2D eigenvalue weighted by Gasteiger charge is -2.12. The quantitative estimate of drug-likeness (QED) is 0.778. The van der Waals surface area contributed by atoms with Crippen molar-refractivity contribution in [2.24, 2.45) is 0 Å². The first-order valence-corrected chi connectivity index (χ1v) is 4.87. The molecule has 0 aliphatic carbocycles. The van der Waals surface area contributed by atoms with E-state index in [0.717, 1.165) is 5.56 Å². The minimum Gasteiger partial charge on any atom is -0.465 e. The van der Waals surface area contributed by atoms with Crippen molar-refractivity contribution >= 4 is 27.7 Å². The third kappa shape index (κ3) is 1.37. The summed E-state index contributed by atoms with van der Waals surface area (Å²) in [5, 5.41) is 8.84. The number of rotatable bonds is 0. The van der Waals surface area contributed by atoms with Gasteiger partial charge in [-0.3, -0.25) is 4.90 Å². The largest absolute Gasteiger partial charge is 0.465 e. The number of halogens is 2. The highest BCUT2D eigenvalue weighted by Crippen LogP contribution is 2.32. The molecule has 5 heteroatoms. The van der Waals surface area contributed by atoms with Gasteiger partial charge in [-0.15, -0.1) is 0 Å². The van der Waals surface area contributed by atoms with Crippen LogP contribution in [0.25, 0.3) is 0 Å². The number of carboxylic acid groups (broad SMARTS) is 1. The average molecular weight is 260 g/mol. The van der Waals surface area contributed by atoms with Gasteiger partial charge in [0, 0.05) is 6.54 Å². The van der Waals surface area contributed by atoms with Crippen molar-refractivity contribution in [3.63, 3.8) is 0 Å². The highest BCUT2D eigenvalue weighted by Gasteiger charge is 2.25. The number of nitrogens with zero attached hydrogens (tertiary/aromatic N) is 1. The fourth-order valence-electron chi connectivity index (χ4n) is 1.58. The molecule has 1 aromatic rings. The van der Waals surface area contributed by atoms with E-state index in [9.17, 15) is 9.18 Å². The van der Waals surface area contributed by atoms with E-state index in [4.69, 9.17) is 5.11 Å². The Morgan fingerprint density at radius 2 is 2.29 bits per heavy atom. The second kappa shape index (κ2) is 3.24. The monoisotopic (exact) mass is 259 g/mol. The van der Waals surface area contributed by atoms with Crippen molar-refractivity contribution in [3.8, 4) is 0 Å². The molecule has 74 valence electrons. The average Bonchev–Trinajstić information content (AvgIpc) is 2.48. The SMILES string of the molecule is O=C(O)N1CCc2cc(F)c(Br)cc21. The predicted octanol–water partition coefficient (Wildman–Crippen LogP) is 2.63. The van der Waals surface area contributed by atoms with Crippen LogP contribution in [0.1, 0.15) is 5.56 Å². The van der Waals surface area contributed by atoms with Gasteiger partial charge in [0.25, 0.3) is 0 Å². The molecule has 0 bridgehead atoms. The van der Waals surface area contributed by atoms with Crippen LogP contribution in [-0.2, 0) is 6.42 Å². The molecule has 1 N–H and O–H groups in total. The Morgan fingerprint density at radius 3 is 2.93 bits per heavy atom. The van der Waals surface area contributed by atoms with E-state index in [-0.39, 0.29) is 5.82 Å². The van der Waals surface area contributed by atoms with Gasteiger partial charge in [0.15, 0.2) is 0 Å². The number of carbonyl (C=O) groups is 1. The molecule has 0 spiro atoms. The smallest absolute Gasteiger partial charge is 0.411 e. The first-order valence-electron chi connectivity index (χ1n) is 4.08. The van der Waals surface area contributed by atoms with Gasteiger partial charge in [-0.1, -0.05) is 0 Å². The first-order chi connectivity index (χ1) is 6.59. The van der Waals surface area contributed by atoms with Crippen LogP contribution in [-0.4, -0.2) is 17.7 Å². The lowest BCUT2D eigenvalue weighted by atomic mass is 10.2. The van der Waals surface area contributed by atoms with Crippen molar-refractivity contribution in [1.29, 1.82) is 0 Å². The summed E-state index contributed by atoms with van der Waals surface area (Å²) in [5.41, 5.74) is 1.32. The molecule has 0 saturated heterocycles. The van der Waals surface area contributed by atoms with Gasteiger partial charge in [0.2, 0.25) is 0 Å². The predicted molar refractivity (Wildman–Crippen MR) is 53.2 cm³/mol. The van der Waals surface area contributed by atoms with Gasteiger partial charge < -0.3 is 5.11 Å². The van der Waals surface area contributed by atoms with Crippen LogP contribution >= 0.6 is 15.9 Å². The fourth-order valence-corrected chi connectivity index (χ4v) is 1.91. The molecular formula is C9H7BrFNO2. The summed E-state index contributed by atoms with van der Waals surface area (Å²) in [6.07, 6.45) is -0.423. The minimum atomic E-state index is -0.998. The number of amides is 1. The Kier molecular flexibility index (Phi) is 2.19. The molecule has 3 nitrogen and oxygen atoms in total. The Hall–Kier alpha value is -1.10. The standard InChI is InChI=1S/C9H7BrFNO2/c10-6-4-8-5(3-7(6)11)1-2-12(8)9(13)14/h3-4H,1-2H2,(H,13,14).